The van der Waals surface area contributed by atoms with Crippen LogP contribution >= 0.6 is 0 Å². The van der Waals surface area contributed by atoms with Crippen molar-refractivity contribution in [2.75, 3.05) is 11.5 Å². The summed E-state index contributed by atoms with van der Waals surface area (Å²) in [6.45, 7) is 2.84. The molecule has 0 atom stereocenters. The van der Waals surface area contributed by atoms with E-state index in [1.165, 1.54) is 0 Å². The zero-order valence-electron chi connectivity index (χ0n) is 11.2. The zero-order valence-corrected chi connectivity index (χ0v) is 12.0. The van der Waals surface area contributed by atoms with Crippen molar-refractivity contribution in [3.63, 3.8) is 0 Å². The van der Waals surface area contributed by atoms with Crippen molar-refractivity contribution >= 4 is 20.7 Å². The van der Waals surface area contributed by atoms with E-state index in [1.807, 2.05) is 42.0 Å². The lowest BCUT2D eigenvalue weighted by atomic mass is 10.2. The third-order valence-corrected chi connectivity index (χ3v) is 5.08. The Hall–Kier alpha value is -1.33. The molecule has 2 rings (SSSR count). The molecule has 0 aliphatic heterocycles. The van der Waals surface area contributed by atoms with Gasteiger partial charge in [-0.1, -0.05) is 25.1 Å². The maximum atomic E-state index is 11.8. The smallest absolute Gasteiger partial charge is 0.152 e. The highest BCUT2D eigenvalue weighted by molar-refractivity contribution is 7.91. The highest BCUT2D eigenvalue weighted by Crippen LogP contribution is 2.20. The lowest BCUT2D eigenvalue weighted by Crippen LogP contribution is -2.15. The molecule has 0 amide bonds. The number of benzene rings is 1. The van der Waals surface area contributed by atoms with Gasteiger partial charge in [-0.05, 0) is 18.1 Å². The number of rotatable bonds is 6. The topological polar surface area (TPSA) is 65.1 Å². The monoisotopic (exact) mass is 280 g/mol. The zero-order chi connectivity index (χ0) is 13.9. The summed E-state index contributed by atoms with van der Waals surface area (Å²) in [7, 11) is -2.95. The second kappa shape index (κ2) is 5.75. The maximum Gasteiger partial charge on any atom is 0.152 e. The number of sulfone groups is 1. The lowest BCUT2D eigenvalue weighted by molar-refractivity contribution is 0.588. The van der Waals surface area contributed by atoms with Crippen molar-refractivity contribution in [3.05, 3.63) is 36.0 Å². The minimum Gasteiger partial charge on any atom is -0.346 e. The number of hydrogen-bond donors (Lipinski definition) is 1. The Labute approximate surface area is 114 Å². The van der Waals surface area contributed by atoms with Crippen molar-refractivity contribution < 1.29 is 8.42 Å². The first kappa shape index (κ1) is 14.1. The van der Waals surface area contributed by atoms with Gasteiger partial charge in [0, 0.05) is 35.9 Å². The summed E-state index contributed by atoms with van der Waals surface area (Å²) in [5.41, 5.74) is 7.84. The molecule has 2 aromatic rings. The third kappa shape index (κ3) is 3.16. The quantitative estimate of drug-likeness (QED) is 0.879. The molecule has 5 heteroatoms. The number of fused-ring (bicyclic) bond motifs is 1. The molecule has 0 spiro atoms. The predicted octanol–water partition coefficient (Wildman–Crippen LogP) is 1.92. The summed E-state index contributed by atoms with van der Waals surface area (Å²) < 4.78 is 25.5. The Bertz CT molecular complexity index is 659. The standard InChI is InChI=1S/C14H20N2O2S/c1-2-8-19(17,18)9-7-16-11-12(10-15)13-5-3-4-6-14(13)16/h3-6,11H,2,7-10,15H2,1H3. The van der Waals surface area contributed by atoms with Crippen LogP contribution < -0.4 is 5.73 Å². The molecule has 0 unspecified atom stereocenters. The average molecular weight is 280 g/mol. The fourth-order valence-electron chi connectivity index (χ4n) is 2.32. The first-order valence-electron chi connectivity index (χ1n) is 6.54. The molecule has 0 saturated carbocycles. The van der Waals surface area contributed by atoms with Crippen molar-refractivity contribution in [1.29, 1.82) is 0 Å². The van der Waals surface area contributed by atoms with E-state index in [2.05, 4.69) is 0 Å². The molecule has 0 aliphatic rings. The normalized spacial score (nSPS) is 12.1. The fraction of sp³-hybridized carbons (Fsp3) is 0.429. The Kier molecular flexibility index (Phi) is 4.27. The number of nitrogens with zero attached hydrogens (tertiary/aromatic N) is 1. The van der Waals surface area contributed by atoms with Gasteiger partial charge in [-0.2, -0.15) is 0 Å². The second-order valence-corrected chi connectivity index (χ2v) is 7.02. The Morgan fingerprint density at radius 1 is 1.21 bits per heavy atom. The number of aryl methyl sites for hydroxylation is 1. The molecule has 19 heavy (non-hydrogen) atoms. The molecule has 1 heterocycles. The second-order valence-electron chi connectivity index (χ2n) is 4.72. The van der Waals surface area contributed by atoms with Crippen LogP contribution in [-0.2, 0) is 22.9 Å². The van der Waals surface area contributed by atoms with Crippen LogP contribution in [0.25, 0.3) is 10.9 Å². The van der Waals surface area contributed by atoms with E-state index in [0.717, 1.165) is 16.5 Å². The first-order valence-corrected chi connectivity index (χ1v) is 8.37. The van der Waals surface area contributed by atoms with E-state index < -0.39 is 9.84 Å². The van der Waals surface area contributed by atoms with E-state index in [9.17, 15) is 8.42 Å². The van der Waals surface area contributed by atoms with Gasteiger partial charge in [-0.3, -0.25) is 0 Å². The molecule has 0 fully saturated rings. The number of para-hydroxylation sites is 1. The van der Waals surface area contributed by atoms with Crippen molar-refractivity contribution in [1.82, 2.24) is 4.57 Å². The van der Waals surface area contributed by atoms with Crippen molar-refractivity contribution in [3.8, 4) is 0 Å². The summed E-state index contributed by atoms with van der Waals surface area (Å²) in [6.07, 6.45) is 2.63. The van der Waals surface area contributed by atoms with Crippen molar-refractivity contribution in [2.45, 2.75) is 26.4 Å². The summed E-state index contributed by atoms with van der Waals surface area (Å²) in [5.74, 6) is 0.444. The van der Waals surface area contributed by atoms with Crippen LogP contribution in [0.2, 0.25) is 0 Å². The van der Waals surface area contributed by atoms with Crippen LogP contribution in [0.5, 0.6) is 0 Å². The van der Waals surface area contributed by atoms with Gasteiger partial charge in [0.25, 0.3) is 0 Å². The van der Waals surface area contributed by atoms with Crippen LogP contribution in [-0.4, -0.2) is 24.5 Å². The van der Waals surface area contributed by atoms with Gasteiger partial charge in [0.15, 0.2) is 9.84 Å². The molecular weight excluding hydrogens is 260 g/mol. The molecule has 1 aromatic heterocycles. The molecule has 1 aromatic carbocycles. The van der Waals surface area contributed by atoms with Gasteiger partial charge < -0.3 is 10.3 Å². The van der Waals surface area contributed by atoms with Gasteiger partial charge >= 0.3 is 0 Å². The summed E-state index contributed by atoms with van der Waals surface area (Å²) in [4.78, 5) is 0. The van der Waals surface area contributed by atoms with E-state index >= 15 is 0 Å². The lowest BCUT2D eigenvalue weighted by Gasteiger charge is -2.06. The first-order chi connectivity index (χ1) is 9.07. The average Bonchev–Trinajstić information content (AvgIpc) is 2.75. The van der Waals surface area contributed by atoms with Crippen LogP contribution in [0.15, 0.2) is 30.5 Å². The third-order valence-electron chi connectivity index (χ3n) is 3.25. The largest absolute Gasteiger partial charge is 0.346 e. The summed E-state index contributed by atoms with van der Waals surface area (Å²) in [5, 5.41) is 1.11. The molecule has 0 aliphatic carbocycles. The van der Waals surface area contributed by atoms with Gasteiger partial charge in [0.1, 0.15) is 0 Å². The SMILES string of the molecule is CCCS(=O)(=O)CCn1cc(CN)c2ccccc21. The van der Waals surface area contributed by atoms with E-state index in [4.69, 9.17) is 5.73 Å². The van der Waals surface area contributed by atoms with Gasteiger partial charge in [-0.15, -0.1) is 0 Å². The maximum absolute atomic E-state index is 11.8. The molecule has 0 bridgehead atoms. The number of hydrogen-bond acceptors (Lipinski definition) is 3. The van der Waals surface area contributed by atoms with Crippen LogP contribution in [0, 0.1) is 0 Å². The van der Waals surface area contributed by atoms with Gasteiger partial charge in [-0.25, -0.2) is 8.42 Å². The molecule has 104 valence electrons. The van der Waals surface area contributed by atoms with Gasteiger partial charge in [0.2, 0.25) is 0 Å². The minimum atomic E-state index is -2.95. The van der Waals surface area contributed by atoms with E-state index in [1.54, 1.807) is 0 Å². The van der Waals surface area contributed by atoms with Gasteiger partial charge in [0.05, 0.1) is 5.75 Å². The number of aromatic nitrogens is 1. The van der Waals surface area contributed by atoms with E-state index in [0.29, 0.717) is 19.5 Å². The van der Waals surface area contributed by atoms with E-state index in [-0.39, 0.29) is 11.5 Å². The molecular formula is C14H20N2O2S. The predicted molar refractivity (Wildman–Crippen MR) is 78.8 cm³/mol. The fourth-order valence-corrected chi connectivity index (χ4v) is 3.62. The van der Waals surface area contributed by atoms with Crippen molar-refractivity contribution in [2.24, 2.45) is 5.73 Å². The Balaban J connectivity index is 2.26. The van der Waals surface area contributed by atoms with Crippen LogP contribution in [0.1, 0.15) is 18.9 Å². The highest BCUT2D eigenvalue weighted by atomic mass is 32.2. The van der Waals surface area contributed by atoms with Crippen LogP contribution in [0.3, 0.4) is 0 Å². The summed E-state index contributed by atoms with van der Waals surface area (Å²) >= 11 is 0. The molecule has 0 radical (unpaired) electrons. The Morgan fingerprint density at radius 3 is 2.63 bits per heavy atom. The Morgan fingerprint density at radius 2 is 1.95 bits per heavy atom. The summed E-state index contributed by atoms with van der Waals surface area (Å²) in [6, 6.07) is 7.95. The minimum absolute atomic E-state index is 0.184. The molecule has 4 nitrogen and oxygen atoms in total. The highest BCUT2D eigenvalue weighted by Gasteiger charge is 2.12. The molecule has 0 saturated heterocycles. The molecule has 2 N–H and O–H groups in total. The number of nitrogens with two attached hydrogens (primary N) is 1. The van der Waals surface area contributed by atoms with Crippen LogP contribution in [0.4, 0.5) is 0 Å².